The summed E-state index contributed by atoms with van der Waals surface area (Å²) in [6, 6.07) is 5.13. The first-order chi connectivity index (χ1) is 9.86. The van der Waals surface area contributed by atoms with Crippen molar-refractivity contribution in [2.24, 2.45) is 0 Å². The summed E-state index contributed by atoms with van der Waals surface area (Å²) in [4.78, 5) is 39.8. The molecule has 0 aromatic heterocycles. The number of carbonyl (C=O) groups is 1. The predicted octanol–water partition coefficient (Wildman–Crippen LogP) is 0.473. The minimum Gasteiger partial charge on any atom is -0.508 e. The van der Waals surface area contributed by atoms with Gasteiger partial charge in [0, 0.05) is 0 Å². The maximum Gasteiger partial charge on any atom is 0.313 e. The SMILES string of the molecule is O=C(CC(CO[N+](=O)[O-])O[N+](=O)[O-])Oc1ccc(O)cc1. The lowest BCUT2D eigenvalue weighted by molar-refractivity contribution is -0.789. The van der Waals surface area contributed by atoms with Gasteiger partial charge in [-0.15, -0.1) is 20.2 Å². The van der Waals surface area contributed by atoms with Crippen LogP contribution in [-0.2, 0) is 14.5 Å². The summed E-state index contributed by atoms with van der Waals surface area (Å²) in [5.74, 6) is -0.865. The molecule has 0 fully saturated rings. The van der Waals surface area contributed by atoms with E-state index in [0.29, 0.717) is 0 Å². The first kappa shape index (κ1) is 15.9. The topological polar surface area (TPSA) is 151 Å². The molecule has 1 N–H and O–H groups in total. The summed E-state index contributed by atoms with van der Waals surface area (Å²) in [5, 5.41) is 26.9. The Balaban J connectivity index is 2.55. The van der Waals surface area contributed by atoms with Gasteiger partial charge in [-0.05, 0) is 24.3 Å². The predicted molar refractivity (Wildman–Crippen MR) is 63.2 cm³/mol. The molecule has 0 amide bonds. The van der Waals surface area contributed by atoms with Crippen molar-refractivity contribution in [2.45, 2.75) is 12.5 Å². The molecule has 0 bridgehead atoms. The second kappa shape index (κ2) is 7.47. The van der Waals surface area contributed by atoms with Gasteiger partial charge in [0.25, 0.3) is 10.2 Å². The van der Waals surface area contributed by atoms with E-state index in [9.17, 15) is 25.0 Å². The van der Waals surface area contributed by atoms with Crippen LogP contribution in [0, 0.1) is 20.2 Å². The van der Waals surface area contributed by atoms with Crippen LogP contribution in [0.15, 0.2) is 24.3 Å². The third-order valence-corrected chi connectivity index (χ3v) is 2.06. The Morgan fingerprint density at radius 2 is 1.81 bits per heavy atom. The van der Waals surface area contributed by atoms with Crippen molar-refractivity contribution in [1.29, 1.82) is 0 Å². The van der Waals surface area contributed by atoms with Crippen LogP contribution in [0.3, 0.4) is 0 Å². The van der Waals surface area contributed by atoms with Gasteiger partial charge in [-0.25, -0.2) is 0 Å². The van der Waals surface area contributed by atoms with E-state index < -0.39 is 35.3 Å². The molecule has 1 atom stereocenters. The highest BCUT2D eigenvalue weighted by atomic mass is 17.0. The Labute approximate surface area is 116 Å². The number of ether oxygens (including phenoxy) is 1. The molecule has 0 radical (unpaired) electrons. The molecule has 11 nitrogen and oxygen atoms in total. The normalized spacial score (nSPS) is 11.2. The molecular formula is C10H10N2O9. The minimum atomic E-state index is -1.48. The summed E-state index contributed by atoms with van der Waals surface area (Å²) in [5.41, 5.74) is 0. The summed E-state index contributed by atoms with van der Waals surface area (Å²) in [7, 11) is 0. The van der Waals surface area contributed by atoms with Gasteiger partial charge in [0.15, 0.2) is 0 Å². The number of rotatable bonds is 8. The van der Waals surface area contributed by atoms with Crippen LogP contribution < -0.4 is 4.74 Å². The average molecular weight is 302 g/mol. The number of nitrogens with zero attached hydrogens (tertiary/aromatic N) is 2. The molecule has 0 aliphatic carbocycles. The first-order valence-electron chi connectivity index (χ1n) is 5.45. The molecule has 1 aromatic rings. The Bertz CT molecular complexity index is 516. The third-order valence-electron chi connectivity index (χ3n) is 2.06. The van der Waals surface area contributed by atoms with Crippen LogP contribution in [0.25, 0.3) is 0 Å². The number of hydrogen-bond acceptors (Lipinski definition) is 9. The number of benzene rings is 1. The highest BCUT2D eigenvalue weighted by molar-refractivity contribution is 5.72. The number of esters is 1. The summed E-state index contributed by atoms with van der Waals surface area (Å²) in [6.45, 7) is -0.793. The van der Waals surface area contributed by atoms with Gasteiger partial charge in [0.1, 0.15) is 24.2 Å². The fourth-order valence-electron chi connectivity index (χ4n) is 1.27. The van der Waals surface area contributed by atoms with Crippen LogP contribution in [-0.4, -0.2) is 34.0 Å². The molecule has 1 rings (SSSR count). The monoisotopic (exact) mass is 302 g/mol. The van der Waals surface area contributed by atoms with Crippen molar-refractivity contribution in [3.05, 3.63) is 44.5 Å². The molecule has 11 heteroatoms. The second-order valence-corrected chi connectivity index (χ2v) is 3.64. The number of phenolic OH excluding ortho intramolecular Hbond substituents is 1. The second-order valence-electron chi connectivity index (χ2n) is 3.64. The van der Waals surface area contributed by atoms with E-state index in [4.69, 9.17) is 9.84 Å². The van der Waals surface area contributed by atoms with Crippen LogP contribution >= 0.6 is 0 Å². The van der Waals surface area contributed by atoms with Crippen LogP contribution in [0.4, 0.5) is 0 Å². The maximum absolute atomic E-state index is 11.5. The highest BCUT2D eigenvalue weighted by Gasteiger charge is 2.21. The number of hydrogen-bond donors (Lipinski definition) is 1. The van der Waals surface area contributed by atoms with Crippen molar-refractivity contribution < 1.29 is 34.5 Å². The van der Waals surface area contributed by atoms with Crippen molar-refractivity contribution in [3.63, 3.8) is 0 Å². The summed E-state index contributed by atoms with van der Waals surface area (Å²) in [6.07, 6.45) is -2.11. The molecule has 0 heterocycles. The number of aromatic hydroxyl groups is 1. The molecule has 0 saturated carbocycles. The zero-order chi connectivity index (χ0) is 15.8. The largest absolute Gasteiger partial charge is 0.508 e. The molecule has 21 heavy (non-hydrogen) atoms. The van der Waals surface area contributed by atoms with Gasteiger partial charge >= 0.3 is 5.97 Å². The smallest absolute Gasteiger partial charge is 0.313 e. The summed E-state index contributed by atoms with van der Waals surface area (Å²) < 4.78 is 4.81. The quantitative estimate of drug-likeness (QED) is 0.312. The Kier molecular flexibility index (Phi) is 5.67. The molecule has 0 saturated heterocycles. The van der Waals surface area contributed by atoms with E-state index in [2.05, 4.69) is 9.68 Å². The van der Waals surface area contributed by atoms with Gasteiger partial charge in [-0.2, -0.15) is 0 Å². The van der Waals surface area contributed by atoms with Gasteiger partial charge in [-0.1, -0.05) is 0 Å². The minimum absolute atomic E-state index is 0.0382. The van der Waals surface area contributed by atoms with Crippen molar-refractivity contribution in [2.75, 3.05) is 6.61 Å². The third kappa shape index (κ3) is 6.56. The molecule has 114 valence electrons. The van der Waals surface area contributed by atoms with E-state index in [1.807, 2.05) is 0 Å². The van der Waals surface area contributed by atoms with E-state index in [0.717, 1.165) is 0 Å². The van der Waals surface area contributed by atoms with Gasteiger partial charge in [0.05, 0.1) is 6.42 Å². The zero-order valence-electron chi connectivity index (χ0n) is 10.4. The molecule has 0 spiro atoms. The van der Waals surface area contributed by atoms with Gasteiger partial charge in [0.2, 0.25) is 0 Å². The average Bonchev–Trinajstić information content (AvgIpc) is 2.38. The molecule has 1 aromatic carbocycles. The highest BCUT2D eigenvalue weighted by Crippen LogP contribution is 2.16. The molecule has 1 unspecified atom stereocenters. The number of carbonyl (C=O) groups excluding carboxylic acids is 1. The zero-order valence-corrected chi connectivity index (χ0v) is 10.4. The van der Waals surface area contributed by atoms with Crippen molar-refractivity contribution in [1.82, 2.24) is 0 Å². The maximum atomic E-state index is 11.5. The molecule has 0 aliphatic rings. The van der Waals surface area contributed by atoms with E-state index in [-0.39, 0.29) is 11.5 Å². The van der Waals surface area contributed by atoms with Gasteiger partial charge in [-0.3, -0.25) is 4.79 Å². The standard InChI is InChI=1S/C10H10N2O9/c13-7-1-3-8(4-2-7)20-10(14)5-9(21-12(17)18)6-19-11(15)16/h1-4,9,13H,5-6H2. The Hall–Kier alpha value is -3.11. The van der Waals surface area contributed by atoms with Crippen LogP contribution in [0.1, 0.15) is 6.42 Å². The molecule has 0 aliphatic heterocycles. The summed E-state index contributed by atoms with van der Waals surface area (Å²) >= 11 is 0. The fraction of sp³-hybridized carbons (Fsp3) is 0.300. The van der Waals surface area contributed by atoms with E-state index >= 15 is 0 Å². The first-order valence-corrected chi connectivity index (χ1v) is 5.45. The van der Waals surface area contributed by atoms with Crippen molar-refractivity contribution in [3.8, 4) is 11.5 Å². The lowest BCUT2D eigenvalue weighted by Crippen LogP contribution is -2.28. The van der Waals surface area contributed by atoms with Crippen LogP contribution in [0.2, 0.25) is 0 Å². The lowest BCUT2D eigenvalue weighted by Gasteiger charge is -2.12. The Morgan fingerprint density at radius 3 is 2.33 bits per heavy atom. The van der Waals surface area contributed by atoms with Crippen LogP contribution in [0.5, 0.6) is 11.5 Å². The fourth-order valence-corrected chi connectivity index (χ4v) is 1.27. The lowest BCUT2D eigenvalue weighted by atomic mass is 10.2. The van der Waals surface area contributed by atoms with Crippen molar-refractivity contribution >= 4 is 5.97 Å². The van der Waals surface area contributed by atoms with E-state index in [1.165, 1.54) is 24.3 Å². The van der Waals surface area contributed by atoms with E-state index in [1.54, 1.807) is 0 Å². The number of phenols is 1. The Morgan fingerprint density at radius 1 is 1.19 bits per heavy atom. The molecular weight excluding hydrogens is 292 g/mol. The van der Waals surface area contributed by atoms with Gasteiger partial charge < -0.3 is 19.5 Å².